The van der Waals surface area contributed by atoms with E-state index in [0.717, 1.165) is 6.07 Å². The Bertz CT molecular complexity index is 1910. The number of phenols is 6. The van der Waals surface area contributed by atoms with E-state index in [2.05, 4.69) is 0 Å². The van der Waals surface area contributed by atoms with Crippen molar-refractivity contribution in [3.05, 3.63) is 94.5 Å². The second-order valence-electron chi connectivity index (χ2n) is 11.5. The third-order valence-electron chi connectivity index (χ3n) is 8.81. The summed E-state index contributed by atoms with van der Waals surface area (Å²) in [6, 6.07) is 15.5. The molecule has 0 saturated carbocycles. The number of aromatic hydroxyl groups is 6. The molecule has 6 N–H and O–H groups in total. The molecule has 0 aliphatic carbocycles. The van der Waals surface area contributed by atoms with Gasteiger partial charge in [-0.25, -0.2) is 0 Å². The number of benzene rings is 4. The van der Waals surface area contributed by atoms with E-state index in [1.165, 1.54) is 48.5 Å². The van der Waals surface area contributed by atoms with Crippen LogP contribution in [0.3, 0.4) is 0 Å². The zero-order valence-corrected chi connectivity index (χ0v) is 23.6. The van der Waals surface area contributed by atoms with Gasteiger partial charge in [0.15, 0.2) is 17.0 Å². The summed E-state index contributed by atoms with van der Waals surface area (Å²) in [5.74, 6) is -4.23. The van der Waals surface area contributed by atoms with Gasteiger partial charge in [0.05, 0.1) is 17.0 Å². The van der Waals surface area contributed by atoms with E-state index >= 15 is 0 Å². The van der Waals surface area contributed by atoms with Gasteiger partial charge in [0.2, 0.25) is 0 Å². The first kappa shape index (κ1) is 27.5. The van der Waals surface area contributed by atoms with Crippen molar-refractivity contribution in [1.29, 1.82) is 0 Å². The van der Waals surface area contributed by atoms with Crippen molar-refractivity contribution in [2.75, 3.05) is 0 Å². The zero-order valence-electron chi connectivity index (χ0n) is 23.6. The van der Waals surface area contributed by atoms with Crippen LogP contribution in [0.2, 0.25) is 0 Å². The van der Waals surface area contributed by atoms with Crippen molar-refractivity contribution < 1.29 is 49.6 Å². The number of epoxide rings is 1. The van der Waals surface area contributed by atoms with Gasteiger partial charge in [0.25, 0.3) is 5.79 Å². The lowest BCUT2D eigenvalue weighted by molar-refractivity contribution is -0.136. The molecule has 1 spiro atoms. The number of rotatable bonds is 4. The minimum Gasteiger partial charge on any atom is -0.508 e. The molecular weight excluding hydrogens is 568 g/mol. The number of ether oxygens (including phenoxy) is 3. The first-order chi connectivity index (χ1) is 20.9. The van der Waals surface area contributed by atoms with Gasteiger partial charge in [0.1, 0.15) is 46.0 Å². The van der Waals surface area contributed by atoms with Crippen molar-refractivity contribution in [2.24, 2.45) is 0 Å². The molecule has 7 rings (SSSR count). The van der Waals surface area contributed by atoms with Crippen molar-refractivity contribution in [2.45, 2.75) is 43.2 Å². The molecule has 4 atom stereocenters. The van der Waals surface area contributed by atoms with Gasteiger partial charge < -0.3 is 44.8 Å². The fourth-order valence-corrected chi connectivity index (χ4v) is 6.43. The highest BCUT2D eigenvalue weighted by molar-refractivity contribution is 5.98. The summed E-state index contributed by atoms with van der Waals surface area (Å²) in [5.41, 5.74) is -1.51. The minimum atomic E-state index is -1.80. The Kier molecular flexibility index (Phi) is 5.67. The molecule has 0 bridgehead atoms. The maximum atomic E-state index is 14.6. The van der Waals surface area contributed by atoms with E-state index in [0.29, 0.717) is 16.7 Å². The Morgan fingerprint density at radius 2 is 1.39 bits per heavy atom. The molecule has 4 aromatic carbocycles. The second kappa shape index (κ2) is 9.08. The molecule has 1 saturated heterocycles. The molecule has 0 aromatic heterocycles. The fraction of sp³-hybridized carbons (Fsp3) is 0.206. The van der Waals surface area contributed by atoms with Crippen LogP contribution in [0.1, 0.15) is 54.0 Å². The van der Waals surface area contributed by atoms with Gasteiger partial charge >= 0.3 is 0 Å². The average molecular weight is 597 g/mol. The molecule has 0 radical (unpaired) electrons. The van der Waals surface area contributed by atoms with E-state index in [1.807, 2.05) is 0 Å². The number of fused-ring (bicyclic) bond motifs is 3. The van der Waals surface area contributed by atoms with Crippen LogP contribution in [0.5, 0.6) is 46.0 Å². The minimum absolute atomic E-state index is 0.0944. The molecule has 4 aromatic rings. The van der Waals surface area contributed by atoms with Gasteiger partial charge in [-0.05, 0) is 67.4 Å². The first-order valence-electron chi connectivity index (χ1n) is 14.0. The van der Waals surface area contributed by atoms with Gasteiger partial charge in [-0.1, -0.05) is 19.1 Å². The molecule has 3 aliphatic rings. The standard InChI is InChI=1S/C34H28O10/c1-3-32(2)31(41)30-29-26(40)12-17(4-5-18-6-7-19(35)14-24(18)38)13-28(29)43-34(22-10-8-20(36)15-25(22)39)33(30,44-34)23-11-9-21(37)16-27(23)42-32/h4-16,30,35-40H,3H2,1-2H3/b5-4-. The lowest BCUT2D eigenvalue weighted by Gasteiger charge is -2.35. The highest BCUT2D eigenvalue weighted by atomic mass is 16.8. The molecule has 10 heteroatoms. The molecular formula is C34H28O10. The Hall–Kier alpha value is -5.35. The molecule has 3 aliphatic heterocycles. The predicted molar refractivity (Wildman–Crippen MR) is 157 cm³/mol. The maximum absolute atomic E-state index is 14.6. The Morgan fingerprint density at radius 1 is 0.727 bits per heavy atom. The van der Waals surface area contributed by atoms with Crippen LogP contribution in [0.25, 0.3) is 12.2 Å². The Labute approximate surface area is 251 Å². The van der Waals surface area contributed by atoms with Crippen LogP contribution in [-0.2, 0) is 20.9 Å². The molecule has 0 amide bonds. The SMILES string of the molecule is CCC1(C)Oc2cc(O)ccc2C23OC2(c2ccc(O)cc2O)Oc2cc(/C=C\c4ccc(O)cc4O)cc(O)c2C3C1=O. The first-order valence-corrected chi connectivity index (χ1v) is 14.0. The van der Waals surface area contributed by atoms with Gasteiger partial charge in [-0.15, -0.1) is 0 Å². The summed E-state index contributed by atoms with van der Waals surface area (Å²) in [5, 5.41) is 62.8. The lowest BCUT2D eigenvalue weighted by Crippen LogP contribution is -2.47. The van der Waals surface area contributed by atoms with Crippen molar-refractivity contribution in [1.82, 2.24) is 0 Å². The Balaban J connectivity index is 1.48. The number of phenolic OH excluding ortho intramolecular Hbond substituents is 6. The predicted octanol–water partition coefficient (Wildman–Crippen LogP) is 5.48. The summed E-state index contributed by atoms with van der Waals surface area (Å²) >= 11 is 0. The van der Waals surface area contributed by atoms with Crippen LogP contribution in [-0.4, -0.2) is 42.0 Å². The number of hydrogen-bond acceptors (Lipinski definition) is 10. The third-order valence-corrected chi connectivity index (χ3v) is 8.81. The number of ketones is 1. The van der Waals surface area contributed by atoms with E-state index in [1.54, 1.807) is 38.1 Å². The summed E-state index contributed by atoms with van der Waals surface area (Å²) in [6.45, 7) is 3.43. The maximum Gasteiger partial charge on any atom is 0.277 e. The molecule has 224 valence electrons. The van der Waals surface area contributed by atoms with Gasteiger partial charge in [-0.3, -0.25) is 4.79 Å². The van der Waals surface area contributed by atoms with Gasteiger partial charge in [-0.2, -0.15) is 0 Å². The van der Waals surface area contributed by atoms with Gasteiger partial charge in [0, 0.05) is 29.3 Å². The smallest absolute Gasteiger partial charge is 0.277 e. The van der Waals surface area contributed by atoms with Crippen LogP contribution >= 0.6 is 0 Å². The van der Waals surface area contributed by atoms with Crippen LogP contribution in [0.4, 0.5) is 0 Å². The highest BCUT2D eigenvalue weighted by Gasteiger charge is 2.84. The van der Waals surface area contributed by atoms with E-state index in [9.17, 15) is 35.4 Å². The fourth-order valence-electron chi connectivity index (χ4n) is 6.43. The van der Waals surface area contributed by atoms with Crippen LogP contribution in [0.15, 0.2) is 66.7 Å². The molecule has 44 heavy (non-hydrogen) atoms. The normalized spacial score (nSPS) is 26.4. The number of Topliss-reactive ketones (excluding diaryl/α,β-unsaturated/α-hetero) is 1. The molecule has 3 heterocycles. The van der Waals surface area contributed by atoms with Crippen molar-refractivity contribution >= 4 is 17.9 Å². The van der Waals surface area contributed by atoms with E-state index < -0.39 is 28.7 Å². The largest absolute Gasteiger partial charge is 0.508 e. The number of hydrogen-bond donors (Lipinski definition) is 6. The summed E-state index contributed by atoms with van der Waals surface area (Å²) in [6.07, 6.45) is 3.45. The molecule has 1 fully saturated rings. The Morgan fingerprint density at radius 3 is 2.07 bits per heavy atom. The molecule has 4 unspecified atom stereocenters. The zero-order chi connectivity index (χ0) is 31.2. The molecule has 10 nitrogen and oxygen atoms in total. The quantitative estimate of drug-likeness (QED) is 0.131. The lowest BCUT2D eigenvalue weighted by atomic mass is 9.69. The average Bonchev–Trinajstić information content (AvgIpc) is 3.65. The third kappa shape index (κ3) is 3.67. The highest BCUT2D eigenvalue weighted by Crippen LogP contribution is 2.76. The summed E-state index contributed by atoms with van der Waals surface area (Å²) < 4.78 is 19.4. The number of carbonyl (C=O) groups excluding carboxylic acids is 1. The number of carbonyl (C=O) groups is 1. The van der Waals surface area contributed by atoms with Crippen LogP contribution in [0, 0.1) is 0 Å². The monoisotopic (exact) mass is 596 g/mol. The van der Waals surface area contributed by atoms with E-state index in [-0.39, 0.29) is 63.5 Å². The topological polar surface area (TPSA) is 169 Å². The van der Waals surface area contributed by atoms with Crippen LogP contribution < -0.4 is 9.47 Å². The summed E-state index contributed by atoms with van der Waals surface area (Å²) in [7, 11) is 0. The van der Waals surface area contributed by atoms with Crippen molar-refractivity contribution in [3.8, 4) is 46.0 Å². The van der Waals surface area contributed by atoms with E-state index in [4.69, 9.17) is 14.2 Å². The summed E-state index contributed by atoms with van der Waals surface area (Å²) in [4.78, 5) is 14.6. The van der Waals surface area contributed by atoms with Crippen molar-refractivity contribution in [3.63, 3.8) is 0 Å². The second-order valence-corrected chi connectivity index (χ2v) is 11.5.